The molecule has 0 aliphatic heterocycles. The first kappa shape index (κ1) is 15.7. The van der Waals surface area contributed by atoms with Crippen molar-refractivity contribution >= 4 is 16.5 Å². The molecule has 114 valence electrons. The van der Waals surface area contributed by atoms with E-state index in [1.165, 1.54) is 35.0 Å². The Morgan fingerprint density at radius 1 is 1.40 bits per heavy atom. The molecule has 20 heavy (non-hydrogen) atoms. The second-order valence-electron chi connectivity index (χ2n) is 5.33. The van der Waals surface area contributed by atoms with Crippen molar-refractivity contribution in [3.05, 3.63) is 10.6 Å². The molecule has 0 atom stereocenters. The smallest absolute Gasteiger partial charge is 0.185 e. The van der Waals surface area contributed by atoms with Crippen LogP contribution < -0.4 is 10.2 Å². The summed E-state index contributed by atoms with van der Waals surface area (Å²) in [5.41, 5.74) is 1.35. The zero-order valence-electron chi connectivity index (χ0n) is 12.9. The highest BCUT2D eigenvalue weighted by Crippen LogP contribution is 2.44. The minimum atomic E-state index is 0.722. The second kappa shape index (κ2) is 7.96. The molecule has 1 fully saturated rings. The second-order valence-corrected chi connectivity index (χ2v) is 6.39. The van der Waals surface area contributed by atoms with Gasteiger partial charge in [-0.2, -0.15) is 0 Å². The summed E-state index contributed by atoms with van der Waals surface area (Å²) in [5.74, 6) is 0.722. The number of hydrogen-bond acceptors (Lipinski definition) is 5. The molecule has 1 aromatic rings. The summed E-state index contributed by atoms with van der Waals surface area (Å²) in [4.78, 5) is 8.68. The maximum atomic E-state index is 5.19. The summed E-state index contributed by atoms with van der Waals surface area (Å²) in [5, 5.41) is 4.68. The highest BCUT2D eigenvalue weighted by atomic mass is 32.1. The van der Waals surface area contributed by atoms with E-state index in [-0.39, 0.29) is 0 Å². The van der Waals surface area contributed by atoms with Gasteiger partial charge in [0.1, 0.15) is 0 Å². The lowest BCUT2D eigenvalue weighted by atomic mass is 10.2. The summed E-state index contributed by atoms with van der Waals surface area (Å²) < 4.78 is 5.19. The Kier molecular flexibility index (Phi) is 6.26. The van der Waals surface area contributed by atoms with Crippen molar-refractivity contribution < 1.29 is 4.74 Å². The Balaban J connectivity index is 2.06. The topological polar surface area (TPSA) is 37.4 Å². The number of likely N-dealkylation sites (N-methyl/N-ethyl adjacent to an activating group) is 1. The van der Waals surface area contributed by atoms with Gasteiger partial charge in [0.15, 0.2) is 5.13 Å². The molecule has 1 aliphatic rings. The van der Waals surface area contributed by atoms with Crippen molar-refractivity contribution in [2.45, 2.75) is 45.6 Å². The van der Waals surface area contributed by atoms with E-state index in [4.69, 9.17) is 9.72 Å². The van der Waals surface area contributed by atoms with Crippen molar-refractivity contribution in [2.24, 2.45) is 0 Å². The molecular formula is C15H27N3OS. The lowest BCUT2D eigenvalue weighted by molar-refractivity contribution is 0.205. The number of nitrogens with zero attached hydrogens (tertiary/aromatic N) is 2. The van der Waals surface area contributed by atoms with E-state index in [1.54, 1.807) is 7.11 Å². The fraction of sp³-hybridized carbons (Fsp3) is 0.800. The predicted molar refractivity (Wildman–Crippen MR) is 85.8 cm³/mol. The van der Waals surface area contributed by atoms with Crippen LogP contribution in [0.4, 0.5) is 5.13 Å². The van der Waals surface area contributed by atoms with Gasteiger partial charge < -0.3 is 15.0 Å². The Hall–Kier alpha value is -0.650. The molecule has 0 radical (unpaired) electrons. The maximum absolute atomic E-state index is 5.19. The molecule has 0 bridgehead atoms. The van der Waals surface area contributed by atoms with Gasteiger partial charge in [-0.3, -0.25) is 0 Å². The highest BCUT2D eigenvalue weighted by Gasteiger charge is 2.30. The van der Waals surface area contributed by atoms with Crippen LogP contribution >= 0.6 is 11.3 Å². The molecule has 1 heterocycles. The normalized spacial score (nSPS) is 14.8. The van der Waals surface area contributed by atoms with Gasteiger partial charge in [-0.1, -0.05) is 6.92 Å². The van der Waals surface area contributed by atoms with E-state index >= 15 is 0 Å². The minimum Gasteiger partial charge on any atom is -0.383 e. The third-order valence-corrected chi connectivity index (χ3v) is 4.74. The molecule has 4 nitrogen and oxygen atoms in total. The van der Waals surface area contributed by atoms with Crippen molar-refractivity contribution in [2.75, 3.05) is 38.3 Å². The van der Waals surface area contributed by atoms with Gasteiger partial charge in [0, 0.05) is 37.5 Å². The first-order valence-corrected chi connectivity index (χ1v) is 8.55. The van der Waals surface area contributed by atoms with E-state index in [0.717, 1.165) is 38.7 Å². The molecule has 0 amide bonds. The van der Waals surface area contributed by atoms with E-state index in [2.05, 4.69) is 24.1 Å². The average molecular weight is 297 g/mol. The molecular weight excluding hydrogens is 270 g/mol. The summed E-state index contributed by atoms with van der Waals surface area (Å²) in [6.07, 6.45) is 3.81. The molecule has 5 heteroatoms. The number of rotatable bonds is 10. The van der Waals surface area contributed by atoms with Crippen LogP contribution in [0.25, 0.3) is 0 Å². The van der Waals surface area contributed by atoms with E-state index < -0.39 is 0 Å². The molecule has 1 N–H and O–H groups in total. The van der Waals surface area contributed by atoms with E-state index in [0.29, 0.717) is 0 Å². The van der Waals surface area contributed by atoms with Crippen LogP contribution in [0.2, 0.25) is 0 Å². The van der Waals surface area contributed by atoms with Gasteiger partial charge in [0.25, 0.3) is 0 Å². The number of thiazole rings is 1. The Morgan fingerprint density at radius 2 is 2.20 bits per heavy atom. The fourth-order valence-electron chi connectivity index (χ4n) is 2.26. The zero-order valence-corrected chi connectivity index (χ0v) is 13.8. The Bertz CT molecular complexity index is 404. The lowest BCUT2D eigenvalue weighted by Gasteiger charge is -2.18. The van der Waals surface area contributed by atoms with Gasteiger partial charge >= 0.3 is 0 Å². The lowest BCUT2D eigenvalue weighted by Crippen LogP contribution is -2.26. The van der Waals surface area contributed by atoms with Gasteiger partial charge in [0.2, 0.25) is 0 Å². The Labute approximate surface area is 126 Å². The van der Waals surface area contributed by atoms with Crippen molar-refractivity contribution in [3.63, 3.8) is 0 Å². The number of hydrogen-bond donors (Lipinski definition) is 1. The quantitative estimate of drug-likeness (QED) is 0.674. The standard InChI is InChI=1S/C15H27N3OS/c1-4-8-16-11-13-14(12-6-7-12)17-15(20-13)18(5-2)9-10-19-3/h12,16H,4-11H2,1-3H3. The summed E-state index contributed by atoms with van der Waals surface area (Å²) in [6, 6.07) is 0. The monoisotopic (exact) mass is 297 g/mol. The number of methoxy groups -OCH3 is 1. The van der Waals surface area contributed by atoms with E-state index in [1.807, 2.05) is 11.3 Å². The largest absolute Gasteiger partial charge is 0.383 e. The molecule has 1 saturated carbocycles. The molecule has 2 rings (SSSR count). The third-order valence-electron chi connectivity index (χ3n) is 3.61. The molecule has 1 aromatic heterocycles. The first-order chi connectivity index (χ1) is 9.80. The Morgan fingerprint density at radius 3 is 2.80 bits per heavy atom. The van der Waals surface area contributed by atoms with Crippen LogP contribution in [-0.4, -0.2) is 38.3 Å². The first-order valence-electron chi connectivity index (χ1n) is 7.74. The predicted octanol–water partition coefficient (Wildman–Crippen LogP) is 2.99. The van der Waals surface area contributed by atoms with Crippen LogP contribution in [0.1, 0.15) is 49.6 Å². The van der Waals surface area contributed by atoms with E-state index in [9.17, 15) is 0 Å². The van der Waals surface area contributed by atoms with Crippen LogP contribution in [0, 0.1) is 0 Å². The number of anilines is 1. The highest BCUT2D eigenvalue weighted by molar-refractivity contribution is 7.15. The number of nitrogens with one attached hydrogen (secondary N) is 1. The minimum absolute atomic E-state index is 0.722. The number of aromatic nitrogens is 1. The van der Waals surface area contributed by atoms with Crippen LogP contribution in [0.15, 0.2) is 0 Å². The molecule has 0 aromatic carbocycles. The zero-order chi connectivity index (χ0) is 14.4. The third kappa shape index (κ3) is 4.17. The summed E-state index contributed by atoms with van der Waals surface area (Å²) in [7, 11) is 1.76. The average Bonchev–Trinajstić information content (AvgIpc) is 3.22. The van der Waals surface area contributed by atoms with Gasteiger partial charge in [-0.25, -0.2) is 4.98 Å². The van der Waals surface area contributed by atoms with Gasteiger partial charge in [-0.15, -0.1) is 11.3 Å². The summed E-state index contributed by atoms with van der Waals surface area (Å²) >= 11 is 1.86. The molecule has 0 spiro atoms. The molecule has 0 unspecified atom stereocenters. The molecule has 1 aliphatic carbocycles. The van der Waals surface area contributed by atoms with Crippen LogP contribution in [0.3, 0.4) is 0 Å². The van der Waals surface area contributed by atoms with Gasteiger partial charge in [0.05, 0.1) is 12.3 Å². The van der Waals surface area contributed by atoms with Crippen molar-refractivity contribution in [1.29, 1.82) is 0 Å². The maximum Gasteiger partial charge on any atom is 0.185 e. The van der Waals surface area contributed by atoms with Crippen LogP contribution in [0.5, 0.6) is 0 Å². The fourth-order valence-corrected chi connectivity index (χ4v) is 3.46. The van der Waals surface area contributed by atoms with Crippen LogP contribution in [-0.2, 0) is 11.3 Å². The van der Waals surface area contributed by atoms with Crippen molar-refractivity contribution in [1.82, 2.24) is 10.3 Å². The van der Waals surface area contributed by atoms with Gasteiger partial charge in [-0.05, 0) is 32.7 Å². The molecule has 0 saturated heterocycles. The number of ether oxygens (including phenoxy) is 1. The van der Waals surface area contributed by atoms with Crippen molar-refractivity contribution in [3.8, 4) is 0 Å². The summed E-state index contributed by atoms with van der Waals surface area (Å²) in [6.45, 7) is 9.11. The SMILES string of the molecule is CCCNCc1sc(N(CC)CCOC)nc1C1CC1.